The zero-order chi connectivity index (χ0) is 10.4. The van der Waals surface area contributed by atoms with Crippen LogP contribution in [0.4, 0.5) is 0 Å². The number of nitrogens with zero attached hydrogens (tertiary/aromatic N) is 1. The van der Waals surface area contributed by atoms with Crippen LogP contribution in [0.1, 0.15) is 27.4 Å². The van der Waals surface area contributed by atoms with Gasteiger partial charge in [0.05, 0.1) is 12.2 Å². The smallest absolute Gasteiger partial charge is 0.223 e. The summed E-state index contributed by atoms with van der Waals surface area (Å²) in [5.41, 5.74) is 0.893. The summed E-state index contributed by atoms with van der Waals surface area (Å²) in [6.45, 7) is 4.45. The van der Waals surface area contributed by atoms with Gasteiger partial charge < -0.3 is 5.32 Å². The SMILES string of the molecule is CCC(C)C(=O)NCc1ccccn1.[HH]. The van der Waals surface area contributed by atoms with Gasteiger partial charge in [-0.2, -0.15) is 0 Å². The van der Waals surface area contributed by atoms with Crippen LogP contribution in [0.5, 0.6) is 0 Å². The largest absolute Gasteiger partial charge is 0.350 e. The maximum Gasteiger partial charge on any atom is 0.223 e. The average Bonchev–Trinajstić information content (AvgIpc) is 2.26. The van der Waals surface area contributed by atoms with Gasteiger partial charge in [0.1, 0.15) is 0 Å². The summed E-state index contributed by atoms with van der Waals surface area (Å²) >= 11 is 0. The van der Waals surface area contributed by atoms with E-state index in [0.29, 0.717) is 6.54 Å². The first-order valence-corrected chi connectivity index (χ1v) is 4.91. The van der Waals surface area contributed by atoms with Gasteiger partial charge in [-0.25, -0.2) is 0 Å². The van der Waals surface area contributed by atoms with Gasteiger partial charge in [0.15, 0.2) is 0 Å². The van der Waals surface area contributed by atoms with Crippen molar-refractivity contribution in [3.8, 4) is 0 Å². The molecule has 0 bridgehead atoms. The van der Waals surface area contributed by atoms with Crippen LogP contribution in [0.2, 0.25) is 0 Å². The highest BCUT2D eigenvalue weighted by Crippen LogP contribution is 2.00. The Hall–Kier alpha value is -1.38. The van der Waals surface area contributed by atoms with Crippen molar-refractivity contribution < 1.29 is 6.22 Å². The Bertz CT molecular complexity index is 290. The van der Waals surface area contributed by atoms with Crippen LogP contribution in [0.15, 0.2) is 24.4 Å². The standard InChI is InChI=1S/C11H16N2O.H2/c1-3-9(2)11(14)13-8-10-6-4-5-7-12-10;/h4-7,9H,3,8H2,1-2H3,(H,13,14);1H. The molecule has 1 rings (SSSR count). The number of carbonyl (C=O) groups excluding carboxylic acids is 1. The second-order valence-electron chi connectivity index (χ2n) is 3.35. The molecule has 0 spiro atoms. The molecule has 3 nitrogen and oxygen atoms in total. The first kappa shape index (κ1) is 10.7. The second kappa shape index (κ2) is 5.37. The number of carbonyl (C=O) groups is 1. The van der Waals surface area contributed by atoms with Gasteiger partial charge >= 0.3 is 0 Å². The highest BCUT2D eigenvalue weighted by Gasteiger charge is 2.09. The second-order valence-corrected chi connectivity index (χ2v) is 3.35. The van der Waals surface area contributed by atoms with Crippen molar-refractivity contribution in [2.75, 3.05) is 0 Å². The summed E-state index contributed by atoms with van der Waals surface area (Å²) in [5, 5.41) is 2.85. The van der Waals surface area contributed by atoms with E-state index in [4.69, 9.17) is 0 Å². The molecule has 1 unspecified atom stereocenters. The predicted octanol–water partition coefficient (Wildman–Crippen LogP) is 1.99. The van der Waals surface area contributed by atoms with Crippen LogP contribution >= 0.6 is 0 Å². The quantitative estimate of drug-likeness (QED) is 0.796. The molecule has 0 saturated heterocycles. The van der Waals surface area contributed by atoms with Crippen LogP contribution in [-0.4, -0.2) is 10.9 Å². The predicted molar refractivity (Wildman–Crippen MR) is 57.7 cm³/mol. The van der Waals surface area contributed by atoms with Crippen molar-refractivity contribution in [1.82, 2.24) is 10.3 Å². The molecular formula is C11H18N2O. The molecule has 1 atom stereocenters. The van der Waals surface area contributed by atoms with E-state index in [1.807, 2.05) is 32.0 Å². The van der Waals surface area contributed by atoms with E-state index in [1.54, 1.807) is 6.20 Å². The Morgan fingerprint density at radius 3 is 3.00 bits per heavy atom. The third-order valence-corrected chi connectivity index (χ3v) is 2.23. The number of hydrogen-bond acceptors (Lipinski definition) is 2. The highest BCUT2D eigenvalue weighted by molar-refractivity contribution is 5.78. The first-order chi connectivity index (χ1) is 6.74. The lowest BCUT2D eigenvalue weighted by atomic mass is 10.1. The molecule has 1 amide bonds. The van der Waals surface area contributed by atoms with Crippen molar-refractivity contribution in [3.05, 3.63) is 30.1 Å². The molecule has 0 aliphatic carbocycles. The topological polar surface area (TPSA) is 42.0 Å². The van der Waals surface area contributed by atoms with E-state index in [1.165, 1.54) is 0 Å². The summed E-state index contributed by atoms with van der Waals surface area (Å²) < 4.78 is 0. The summed E-state index contributed by atoms with van der Waals surface area (Å²) in [6, 6.07) is 5.68. The molecule has 1 aromatic heterocycles. The maximum absolute atomic E-state index is 11.4. The van der Waals surface area contributed by atoms with Gasteiger partial charge in [-0.1, -0.05) is 19.9 Å². The number of amides is 1. The van der Waals surface area contributed by atoms with Gasteiger partial charge in [0.25, 0.3) is 0 Å². The van der Waals surface area contributed by atoms with Crippen molar-refractivity contribution in [3.63, 3.8) is 0 Å². The molecule has 1 aromatic rings. The Kier molecular flexibility index (Phi) is 4.11. The normalized spacial score (nSPS) is 12.1. The molecule has 0 aliphatic heterocycles. The molecule has 0 saturated carbocycles. The lowest BCUT2D eigenvalue weighted by Gasteiger charge is -2.08. The molecule has 1 heterocycles. The van der Waals surface area contributed by atoms with Crippen molar-refractivity contribution in [2.24, 2.45) is 5.92 Å². The Balaban J connectivity index is 0.00000196. The number of nitrogens with one attached hydrogen (secondary N) is 1. The molecule has 0 aliphatic rings. The third-order valence-electron chi connectivity index (χ3n) is 2.23. The number of rotatable bonds is 4. The lowest BCUT2D eigenvalue weighted by molar-refractivity contribution is -0.124. The van der Waals surface area contributed by atoms with Gasteiger partial charge in [-0.05, 0) is 18.6 Å². The van der Waals surface area contributed by atoms with Crippen LogP contribution in [0, 0.1) is 5.92 Å². The molecule has 0 aromatic carbocycles. The minimum absolute atomic E-state index is 0. The van der Waals surface area contributed by atoms with Crippen LogP contribution in [0.3, 0.4) is 0 Å². The summed E-state index contributed by atoms with van der Waals surface area (Å²) in [6.07, 6.45) is 2.60. The monoisotopic (exact) mass is 194 g/mol. The Morgan fingerprint density at radius 1 is 1.64 bits per heavy atom. The van der Waals surface area contributed by atoms with Crippen LogP contribution in [0.25, 0.3) is 0 Å². The Labute approximate surface area is 86.0 Å². The molecule has 3 heteroatoms. The van der Waals surface area contributed by atoms with E-state index in [9.17, 15) is 4.79 Å². The molecule has 14 heavy (non-hydrogen) atoms. The van der Waals surface area contributed by atoms with Crippen molar-refractivity contribution in [2.45, 2.75) is 26.8 Å². The van der Waals surface area contributed by atoms with Crippen LogP contribution < -0.4 is 5.32 Å². The molecule has 0 radical (unpaired) electrons. The molecule has 78 valence electrons. The van der Waals surface area contributed by atoms with Gasteiger partial charge in [0, 0.05) is 13.5 Å². The van der Waals surface area contributed by atoms with Crippen LogP contribution in [-0.2, 0) is 11.3 Å². The lowest BCUT2D eigenvalue weighted by Crippen LogP contribution is -2.28. The average molecular weight is 194 g/mol. The fourth-order valence-corrected chi connectivity index (χ4v) is 1.04. The fourth-order valence-electron chi connectivity index (χ4n) is 1.04. The third kappa shape index (κ3) is 3.17. The summed E-state index contributed by atoms with van der Waals surface area (Å²) in [4.78, 5) is 15.5. The minimum Gasteiger partial charge on any atom is -0.350 e. The number of pyridine rings is 1. The minimum atomic E-state index is 0. The number of aromatic nitrogens is 1. The van der Waals surface area contributed by atoms with E-state index in [-0.39, 0.29) is 13.3 Å². The highest BCUT2D eigenvalue weighted by atomic mass is 16.1. The van der Waals surface area contributed by atoms with Gasteiger partial charge in [-0.3, -0.25) is 9.78 Å². The van der Waals surface area contributed by atoms with E-state index in [0.717, 1.165) is 12.1 Å². The zero-order valence-corrected chi connectivity index (χ0v) is 8.66. The van der Waals surface area contributed by atoms with Crippen molar-refractivity contribution in [1.29, 1.82) is 0 Å². The maximum atomic E-state index is 11.4. The zero-order valence-electron chi connectivity index (χ0n) is 8.66. The summed E-state index contributed by atoms with van der Waals surface area (Å²) in [5.74, 6) is 0.178. The van der Waals surface area contributed by atoms with Gasteiger partial charge in [0.2, 0.25) is 5.91 Å². The first-order valence-electron chi connectivity index (χ1n) is 4.91. The van der Waals surface area contributed by atoms with Gasteiger partial charge in [-0.15, -0.1) is 0 Å². The fraction of sp³-hybridized carbons (Fsp3) is 0.455. The van der Waals surface area contributed by atoms with E-state index >= 15 is 0 Å². The van der Waals surface area contributed by atoms with E-state index < -0.39 is 0 Å². The van der Waals surface area contributed by atoms with Crippen molar-refractivity contribution >= 4 is 5.91 Å². The Morgan fingerprint density at radius 2 is 2.43 bits per heavy atom. The molecular weight excluding hydrogens is 176 g/mol. The number of hydrogen-bond donors (Lipinski definition) is 1. The summed E-state index contributed by atoms with van der Waals surface area (Å²) in [7, 11) is 0. The molecule has 1 N–H and O–H groups in total. The van der Waals surface area contributed by atoms with E-state index in [2.05, 4.69) is 10.3 Å². The molecule has 0 fully saturated rings.